The van der Waals surface area contributed by atoms with Crippen molar-refractivity contribution in [2.24, 2.45) is 23.7 Å². The first kappa shape index (κ1) is 21.4. The monoisotopic (exact) mass is 444 g/mol. The number of rotatable bonds is 7. The van der Waals surface area contributed by atoms with Crippen molar-refractivity contribution in [1.29, 1.82) is 0 Å². The molecule has 6 heteroatoms. The number of benzene rings is 2. The Balaban J connectivity index is 1.43. The van der Waals surface area contributed by atoms with Crippen LogP contribution in [0.2, 0.25) is 0 Å². The lowest BCUT2D eigenvalue weighted by atomic mass is 9.63. The molecule has 3 amide bonds. The Hall–Kier alpha value is -3.41. The molecule has 0 radical (unpaired) electrons. The number of nitrogens with one attached hydrogen (secondary N) is 1. The van der Waals surface area contributed by atoms with Crippen molar-refractivity contribution in [3.63, 3.8) is 0 Å². The Morgan fingerprint density at radius 1 is 0.970 bits per heavy atom. The summed E-state index contributed by atoms with van der Waals surface area (Å²) in [6, 6.07) is 15.7. The van der Waals surface area contributed by atoms with Crippen LogP contribution in [-0.2, 0) is 20.8 Å². The molecular formula is C27H28N2O4. The molecule has 5 atom stereocenters. The number of amides is 3. The van der Waals surface area contributed by atoms with E-state index in [1.165, 1.54) is 4.90 Å². The summed E-state index contributed by atoms with van der Waals surface area (Å²) in [4.78, 5) is 41.8. The lowest BCUT2D eigenvalue weighted by Crippen LogP contribution is -2.49. The molecule has 1 saturated carbocycles. The molecule has 1 aliphatic heterocycles. The van der Waals surface area contributed by atoms with E-state index in [0.717, 1.165) is 18.4 Å². The summed E-state index contributed by atoms with van der Waals surface area (Å²) in [6.07, 6.45) is 6.32. The zero-order valence-electron chi connectivity index (χ0n) is 18.6. The van der Waals surface area contributed by atoms with Crippen LogP contribution in [0.3, 0.4) is 0 Å². The largest absolute Gasteiger partial charge is 0.494 e. The number of carbonyl (C=O) groups excluding carboxylic acids is 3. The van der Waals surface area contributed by atoms with Gasteiger partial charge in [-0.3, -0.25) is 19.3 Å². The highest BCUT2D eigenvalue weighted by atomic mass is 16.5. The minimum Gasteiger partial charge on any atom is -0.494 e. The van der Waals surface area contributed by atoms with Gasteiger partial charge in [-0.1, -0.05) is 42.5 Å². The number of hydrogen-bond donors (Lipinski definition) is 1. The van der Waals surface area contributed by atoms with Crippen LogP contribution >= 0.6 is 0 Å². The third-order valence-corrected chi connectivity index (χ3v) is 7.11. The fourth-order valence-corrected chi connectivity index (χ4v) is 5.57. The van der Waals surface area contributed by atoms with Gasteiger partial charge in [-0.05, 0) is 61.4 Å². The van der Waals surface area contributed by atoms with E-state index < -0.39 is 6.04 Å². The maximum atomic E-state index is 13.5. The van der Waals surface area contributed by atoms with Crippen molar-refractivity contribution in [2.45, 2.75) is 32.2 Å². The number of imide groups is 1. The Bertz CT molecular complexity index is 1050. The van der Waals surface area contributed by atoms with Crippen LogP contribution in [0.4, 0.5) is 5.69 Å². The Labute approximate surface area is 193 Å². The summed E-state index contributed by atoms with van der Waals surface area (Å²) < 4.78 is 5.47. The minimum atomic E-state index is -0.899. The van der Waals surface area contributed by atoms with Crippen molar-refractivity contribution in [3.05, 3.63) is 72.3 Å². The van der Waals surface area contributed by atoms with Crippen LogP contribution in [0.5, 0.6) is 5.75 Å². The minimum absolute atomic E-state index is 0.0907. The van der Waals surface area contributed by atoms with E-state index >= 15 is 0 Å². The molecule has 6 rings (SSSR count). The van der Waals surface area contributed by atoms with Gasteiger partial charge in [0.15, 0.2) is 0 Å². The number of allylic oxidation sites excluding steroid dienone is 2. The quantitative estimate of drug-likeness (QED) is 0.520. The number of hydrogen-bond acceptors (Lipinski definition) is 4. The van der Waals surface area contributed by atoms with Gasteiger partial charge in [0, 0.05) is 12.1 Å². The first-order chi connectivity index (χ1) is 16.1. The van der Waals surface area contributed by atoms with Crippen molar-refractivity contribution in [1.82, 2.24) is 4.90 Å². The molecule has 5 unspecified atom stereocenters. The van der Waals surface area contributed by atoms with E-state index in [2.05, 4.69) is 17.5 Å². The SMILES string of the molecule is CCOc1ccc(NC(=O)C(Cc2ccccc2)N2C(=O)C3C4C=CC(CC4)C3C2=O)cc1. The van der Waals surface area contributed by atoms with Gasteiger partial charge in [0.05, 0.1) is 18.4 Å². The number of carbonyl (C=O) groups is 3. The van der Waals surface area contributed by atoms with E-state index in [1.54, 1.807) is 24.3 Å². The average Bonchev–Trinajstić information content (AvgIpc) is 3.12. The summed E-state index contributed by atoms with van der Waals surface area (Å²) >= 11 is 0. The zero-order chi connectivity index (χ0) is 22.9. The number of likely N-dealkylation sites (tertiary alicyclic amines) is 1. The second kappa shape index (κ2) is 8.85. The Morgan fingerprint density at radius 2 is 1.58 bits per heavy atom. The van der Waals surface area contributed by atoms with E-state index in [-0.39, 0.29) is 47.8 Å². The predicted octanol–water partition coefficient (Wildman–Crippen LogP) is 3.83. The van der Waals surface area contributed by atoms with Gasteiger partial charge < -0.3 is 10.1 Å². The van der Waals surface area contributed by atoms with Crippen LogP contribution in [0.1, 0.15) is 25.3 Å². The Kier molecular flexibility index (Phi) is 5.75. The van der Waals surface area contributed by atoms with Gasteiger partial charge in [0.25, 0.3) is 0 Å². The molecule has 1 N–H and O–H groups in total. The van der Waals surface area contributed by atoms with Gasteiger partial charge in [-0.15, -0.1) is 0 Å². The second-order valence-corrected chi connectivity index (χ2v) is 9.04. The number of anilines is 1. The van der Waals surface area contributed by atoms with Crippen molar-refractivity contribution >= 4 is 23.4 Å². The molecule has 0 aromatic heterocycles. The fraction of sp³-hybridized carbons (Fsp3) is 0.370. The van der Waals surface area contributed by atoms with Gasteiger partial charge >= 0.3 is 0 Å². The summed E-state index contributed by atoms with van der Waals surface area (Å²) in [5.41, 5.74) is 1.50. The van der Waals surface area contributed by atoms with Crippen molar-refractivity contribution < 1.29 is 19.1 Å². The highest BCUT2D eigenvalue weighted by molar-refractivity contribution is 6.10. The average molecular weight is 445 g/mol. The molecule has 170 valence electrons. The molecule has 0 spiro atoms. The van der Waals surface area contributed by atoms with E-state index in [1.807, 2.05) is 37.3 Å². The predicted molar refractivity (Wildman–Crippen MR) is 124 cm³/mol. The van der Waals surface area contributed by atoms with E-state index in [0.29, 0.717) is 18.0 Å². The highest BCUT2D eigenvalue weighted by Gasteiger charge is 2.58. The van der Waals surface area contributed by atoms with Gasteiger partial charge in [-0.25, -0.2) is 0 Å². The summed E-state index contributed by atoms with van der Waals surface area (Å²) in [5, 5.41) is 2.91. The van der Waals surface area contributed by atoms with Crippen LogP contribution < -0.4 is 10.1 Å². The number of ether oxygens (including phenoxy) is 1. The number of fused-ring (bicyclic) bond motifs is 1. The van der Waals surface area contributed by atoms with E-state index in [9.17, 15) is 14.4 Å². The van der Waals surface area contributed by atoms with Crippen LogP contribution in [0, 0.1) is 23.7 Å². The molecule has 2 bridgehead atoms. The van der Waals surface area contributed by atoms with Crippen molar-refractivity contribution in [3.8, 4) is 5.75 Å². The molecule has 2 aromatic carbocycles. The maximum absolute atomic E-state index is 13.5. The standard InChI is InChI=1S/C27H28N2O4/c1-2-33-21-14-12-20(13-15-21)28-25(30)22(16-17-6-4-3-5-7-17)29-26(31)23-18-8-9-19(11-10-18)24(23)27(29)32/h3-9,12-15,18-19,22-24H,2,10-11,16H2,1H3,(H,28,30). The normalized spacial score (nSPS) is 26.3. The fourth-order valence-electron chi connectivity index (χ4n) is 5.57. The maximum Gasteiger partial charge on any atom is 0.248 e. The lowest BCUT2D eigenvalue weighted by Gasteiger charge is -2.38. The molecule has 2 fully saturated rings. The first-order valence-corrected chi connectivity index (χ1v) is 11.7. The van der Waals surface area contributed by atoms with Gasteiger partial charge in [0.2, 0.25) is 17.7 Å². The first-order valence-electron chi connectivity index (χ1n) is 11.7. The third kappa shape index (κ3) is 3.94. The van der Waals surface area contributed by atoms with Crippen molar-refractivity contribution in [2.75, 3.05) is 11.9 Å². The number of nitrogens with zero attached hydrogens (tertiary/aromatic N) is 1. The molecule has 33 heavy (non-hydrogen) atoms. The highest BCUT2D eigenvalue weighted by Crippen LogP contribution is 2.50. The topological polar surface area (TPSA) is 75.7 Å². The third-order valence-electron chi connectivity index (χ3n) is 7.11. The Morgan fingerprint density at radius 3 is 2.12 bits per heavy atom. The van der Waals surface area contributed by atoms with Crippen LogP contribution in [0.15, 0.2) is 66.7 Å². The zero-order valence-corrected chi connectivity index (χ0v) is 18.6. The lowest BCUT2D eigenvalue weighted by molar-refractivity contribution is -0.146. The van der Waals surface area contributed by atoms with E-state index in [4.69, 9.17) is 4.74 Å². The van der Waals surface area contributed by atoms with Gasteiger partial charge in [0.1, 0.15) is 11.8 Å². The molecule has 3 aliphatic carbocycles. The summed E-state index contributed by atoms with van der Waals surface area (Å²) in [5.74, 6) is -0.535. The van der Waals surface area contributed by atoms with Crippen LogP contribution in [-0.4, -0.2) is 35.3 Å². The van der Waals surface area contributed by atoms with Crippen LogP contribution in [0.25, 0.3) is 0 Å². The smallest absolute Gasteiger partial charge is 0.248 e. The molecular weight excluding hydrogens is 416 g/mol. The van der Waals surface area contributed by atoms with Gasteiger partial charge in [-0.2, -0.15) is 0 Å². The summed E-state index contributed by atoms with van der Waals surface area (Å²) in [6.45, 7) is 2.47. The molecule has 2 aromatic rings. The molecule has 6 nitrogen and oxygen atoms in total. The molecule has 1 saturated heterocycles. The summed E-state index contributed by atoms with van der Waals surface area (Å²) in [7, 11) is 0. The second-order valence-electron chi connectivity index (χ2n) is 9.04. The molecule has 1 heterocycles. The molecule has 4 aliphatic rings.